The minimum Gasteiger partial charge on any atom is -0.343 e. The molecule has 2 rings (SSSR count). The molecule has 25 heavy (non-hydrogen) atoms. The number of benzene rings is 2. The Kier molecular flexibility index (Phi) is 5.36. The molecule has 0 bridgehead atoms. The van der Waals surface area contributed by atoms with Gasteiger partial charge in [-0.15, -0.1) is 0 Å². The first-order valence-corrected chi connectivity index (χ1v) is 8.60. The molecule has 0 atom stereocenters. The van der Waals surface area contributed by atoms with E-state index in [4.69, 9.17) is 0 Å². The van der Waals surface area contributed by atoms with Gasteiger partial charge in [0.25, 0.3) is 15.9 Å². The summed E-state index contributed by atoms with van der Waals surface area (Å²) in [5.74, 6) is -0.937. The summed E-state index contributed by atoms with van der Waals surface area (Å²) in [5.41, 5.74) is 1.07. The lowest BCUT2D eigenvalue weighted by molar-refractivity contribution is -0.123. The average molecular weight is 372 g/mol. The van der Waals surface area contributed by atoms with E-state index >= 15 is 0 Å². The SMILES string of the molecule is Cc1ccccc1NS(=O)(=O)c1ccc(C(=O)NCC(F)(F)F)cc1. The molecule has 0 aliphatic rings. The Balaban J connectivity index is 2.13. The molecule has 2 N–H and O–H groups in total. The molecule has 134 valence electrons. The molecule has 0 spiro atoms. The van der Waals surface area contributed by atoms with Crippen LogP contribution in [0, 0.1) is 6.92 Å². The fourth-order valence-electron chi connectivity index (χ4n) is 1.96. The molecular weight excluding hydrogens is 357 g/mol. The zero-order valence-electron chi connectivity index (χ0n) is 13.1. The van der Waals surface area contributed by atoms with Crippen LogP contribution in [0.1, 0.15) is 15.9 Å². The van der Waals surface area contributed by atoms with Gasteiger partial charge < -0.3 is 5.32 Å². The van der Waals surface area contributed by atoms with Crippen LogP contribution >= 0.6 is 0 Å². The molecule has 0 saturated heterocycles. The highest BCUT2D eigenvalue weighted by atomic mass is 32.2. The number of rotatable bonds is 5. The summed E-state index contributed by atoms with van der Waals surface area (Å²) in [7, 11) is -3.88. The van der Waals surface area contributed by atoms with Crippen LogP contribution in [-0.2, 0) is 10.0 Å². The molecule has 0 aromatic heterocycles. The van der Waals surface area contributed by atoms with Crippen molar-refractivity contribution in [1.82, 2.24) is 5.32 Å². The van der Waals surface area contributed by atoms with Crippen molar-refractivity contribution >= 4 is 21.6 Å². The van der Waals surface area contributed by atoms with Gasteiger partial charge in [-0.25, -0.2) is 8.42 Å². The third-order valence-electron chi connectivity index (χ3n) is 3.27. The van der Waals surface area contributed by atoms with Crippen molar-refractivity contribution in [2.45, 2.75) is 18.0 Å². The van der Waals surface area contributed by atoms with Crippen molar-refractivity contribution < 1.29 is 26.4 Å². The molecule has 0 heterocycles. The first-order chi connectivity index (χ1) is 11.6. The lowest BCUT2D eigenvalue weighted by Gasteiger charge is -2.11. The maximum Gasteiger partial charge on any atom is 0.405 e. The number of halogens is 3. The average Bonchev–Trinajstić information content (AvgIpc) is 2.54. The van der Waals surface area contributed by atoms with Crippen LogP contribution in [0.3, 0.4) is 0 Å². The van der Waals surface area contributed by atoms with E-state index in [1.165, 1.54) is 0 Å². The standard InChI is InChI=1S/C16H15F3N2O3S/c1-11-4-2-3-5-14(11)21-25(23,24)13-8-6-12(7-9-13)15(22)20-10-16(17,18)19/h2-9,21H,10H2,1H3,(H,20,22). The van der Waals surface area contributed by atoms with Crippen LogP contribution in [0.15, 0.2) is 53.4 Å². The number of carbonyl (C=O) groups is 1. The van der Waals surface area contributed by atoms with Crippen LogP contribution in [0.5, 0.6) is 0 Å². The minimum atomic E-state index is -4.52. The first-order valence-electron chi connectivity index (χ1n) is 7.12. The van der Waals surface area contributed by atoms with Crippen molar-refractivity contribution in [2.75, 3.05) is 11.3 Å². The number of sulfonamides is 1. The molecule has 5 nitrogen and oxygen atoms in total. The van der Waals surface area contributed by atoms with Gasteiger partial charge in [-0.1, -0.05) is 18.2 Å². The number of hydrogen-bond donors (Lipinski definition) is 2. The summed E-state index contributed by atoms with van der Waals surface area (Å²) >= 11 is 0. The number of nitrogens with one attached hydrogen (secondary N) is 2. The van der Waals surface area contributed by atoms with Crippen molar-refractivity contribution in [3.05, 3.63) is 59.7 Å². The molecule has 0 aliphatic carbocycles. The Bertz CT molecular complexity index is 863. The van der Waals surface area contributed by atoms with Gasteiger partial charge in [-0.3, -0.25) is 9.52 Å². The van der Waals surface area contributed by atoms with E-state index in [1.54, 1.807) is 36.5 Å². The predicted octanol–water partition coefficient (Wildman–Crippen LogP) is 3.09. The lowest BCUT2D eigenvalue weighted by atomic mass is 10.2. The largest absolute Gasteiger partial charge is 0.405 e. The van der Waals surface area contributed by atoms with Crippen LogP contribution < -0.4 is 10.0 Å². The highest BCUT2D eigenvalue weighted by Gasteiger charge is 2.28. The molecule has 2 aromatic carbocycles. The molecule has 9 heteroatoms. The van der Waals surface area contributed by atoms with Gasteiger partial charge in [0, 0.05) is 5.56 Å². The highest BCUT2D eigenvalue weighted by Crippen LogP contribution is 2.20. The summed E-state index contributed by atoms with van der Waals surface area (Å²) in [4.78, 5) is 11.5. The van der Waals surface area contributed by atoms with E-state index in [0.29, 0.717) is 5.69 Å². The molecule has 0 fully saturated rings. The van der Waals surface area contributed by atoms with E-state index in [-0.39, 0.29) is 10.5 Å². The summed E-state index contributed by atoms with van der Waals surface area (Å²) in [6.45, 7) is 0.284. The predicted molar refractivity (Wildman–Crippen MR) is 86.8 cm³/mol. The lowest BCUT2D eigenvalue weighted by Crippen LogP contribution is -2.33. The topological polar surface area (TPSA) is 75.3 Å². The minimum absolute atomic E-state index is 0.0703. The Labute approximate surface area is 142 Å². The Morgan fingerprint density at radius 3 is 2.20 bits per heavy atom. The number of para-hydroxylation sites is 1. The van der Waals surface area contributed by atoms with E-state index in [9.17, 15) is 26.4 Å². The van der Waals surface area contributed by atoms with Crippen LogP contribution in [0.25, 0.3) is 0 Å². The Morgan fingerprint density at radius 1 is 1.04 bits per heavy atom. The normalized spacial score (nSPS) is 11.8. The third kappa shape index (κ3) is 5.21. The highest BCUT2D eigenvalue weighted by molar-refractivity contribution is 7.92. The second-order valence-corrected chi connectivity index (χ2v) is 6.93. The molecule has 0 radical (unpaired) electrons. The fraction of sp³-hybridized carbons (Fsp3) is 0.188. The molecule has 0 aliphatic heterocycles. The first kappa shape index (κ1) is 18.8. The molecular formula is C16H15F3N2O3S. The molecule has 0 saturated carbocycles. The molecule has 0 unspecified atom stereocenters. The zero-order valence-corrected chi connectivity index (χ0v) is 13.9. The smallest absolute Gasteiger partial charge is 0.343 e. The quantitative estimate of drug-likeness (QED) is 0.847. The monoisotopic (exact) mass is 372 g/mol. The number of anilines is 1. The summed E-state index contributed by atoms with van der Waals surface area (Å²) in [6, 6.07) is 11.4. The van der Waals surface area contributed by atoms with Gasteiger partial charge in [0.1, 0.15) is 6.54 Å². The maximum atomic E-state index is 12.3. The van der Waals surface area contributed by atoms with Crippen LogP contribution in [0.2, 0.25) is 0 Å². The number of hydrogen-bond acceptors (Lipinski definition) is 3. The molecule has 2 aromatic rings. The van der Waals surface area contributed by atoms with Gasteiger partial charge >= 0.3 is 6.18 Å². The third-order valence-corrected chi connectivity index (χ3v) is 4.65. The van der Waals surface area contributed by atoms with Crippen molar-refractivity contribution in [2.24, 2.45) is 0 Å². The van der Waals surface area contributed by atoms with E-state index in [2.05, 4.69) is 4.72 Å². The number of aryl methyl sites for hydroxylation is 1. The van der Waals surface area contributed by atoms with Crippen molar-refractivity contribution in [1.29, 1.82) is 0 Å². The second kappa shape index (κ2) is 7.14. The number of carbonyl (C=O) groups excluding carboxylic acids is 1. The van der Waals surface area contributed by atoms with Gasteiger partial charge in [0.2, 0.25) is 0 Å². The van der Waals surface area contributed by atoms with E-state index < -0.39 is 28.7 Å². The van der Waals surface area contributed by atoms with Gasteiger partial charge in [0.05, 0.1) is 10.6 Å². The van der Waals surface area contributed by atoms with Crippen molar-refractivity contribution in [3.8, 4) is 0 Å². The molecule has 1 amide bonds. The van der Waals surface area contributed by atoms with Gasteiger partial charge in [-0.2, -0.15) is 13.2 Å². The fourth-order valence-corrected chi connectivity index (χ4v) is 3.09. The summed E-state index contributed by atoms with van der Waals surface area (Å²) < 4.78 is 63.4. The number of amides is 1. The van der Waals surface area contributed by atoms with E-state index in [1.807, 2.05) is 0 Å². The summed E-state index contributed by atoms with van der Waals surface area (Å²) in [6.07, 6.45) is -4.52. The van der Waals surface area contributed by atoms with Crippen LogP contribution in [0.4, 0.5) is 18.9 Å². The van der Waals surface area contributed by atoms with Gasteiger partial charge in [-0.05, 0) is 42.8 Å². The van der Waals surface area contributed by atoms with Crippen LogP contribution in [-0.4, -0.2) is 27.0 Å². The summed E-state index contributed by atoms with van der Waals surface area (Å²) in [5, 5.41) is 1.72. The Hall–Kier alpha value is -2.55. The van der Waals surface area contributed by atoms with Gasteiger partial charge in [0.15, 0.2) is 0 Å². The second-order valence-electron chi connectivity index (χ2n) is 5.24. The van der Waals surface area contributed by atoms with E-state index in [0.717, 1.165) is 29.8 Å². The number of alkyl halides is 3. The zero-order chi connectivity index (χ0) is 18.7. The Morgan fingerprint density at radius 2 is 1.64 bits per heavy atom. The maximum absolute atomic E-state index is 12.3. The van der Waals surface area contributed by atoms with Crippen molar-refractivity contribution in [3.63, 3.8) is 0 Å².